The lowest BCUT2D eigenvalue weighted by Crippen LogP contribution is -1.92. The quantitative estimate of drug-likeness (QED) is 0.768. The predicted octanol–water partition coefficient (Wildman–Crippen LogP) is 1.78. The second-order valence-electron chi connectivity index (χ2n) is 4.20. The Balaban J connectivity index is 1.97. The molecular weight excluding hydrogens is 261 g/mol. The van der Waals surface area contributed by atoms with Gasteiger partial charge in [0.1, 0.15) is 17.3 Å². The highest BCUT2D eigenvalue weighted by Crippen LogP contribution is 2.26. The van der Waals surface area contributed by atoms with Crippen molar-refractivity contribution in [2.45, 2.75) is 0 Å². The maximum atomic E-state index is 13.7. The molecule has 3 aromatic rings. The van der Waals surface area contributed by atoms with E-state index in [2.05, 4.69) is 20.4 Å². The summed E-state index contributed by atoms with van der Waals surface area (Å²) in [5, 5.41) is 20.8. The van der Waals surface area contributed by atoms with Crippen molar-refractivity contribution in [1.29, 1.82) is 0 Å². The topological polar surface area (TPSA) is 76.7 Å². The second kappa shape index (κ2) is 4.69. The fraction of sp³-hybridized carbons (Fsp3) is 0.0769. The third-order valence-corrected chi connectivity index (χ3v) is 2.76. The Kier molecular flexibility index (Phi) is 2.86. The van der Waals surface area contributed by atoms with Crippen molar-refractivity contribution in [3.8, 4) is 28.4 Å². The molecule has 0 spiro atoms. The highest BCUT2D eigenvalue weighted by Gasteiger charge is 2.09. The van der Waals surface area contributed by atoms with Crippen LogP contribution < -0.4 is 0 Å². The van der Waals surface area contributed by atoms with Gasteiger partial charge in [0.2, 0.25) is 5.82 Å². The Bertz CT molecular complexity index is 754. The summed E-state index contributed by atoms with van der Waals surface area (Å²) in [5.41, 5.74) is 1.53. The summed E-state index contributed by atoms with van der Waals surface area (Å²) in [6.45, 7) is 0. The van der Waals surface area contributed by atoms with Crippen molar-refractivity contribution in [3.63, 3.8) is 0 Å². The molecule has 0 amide bonds. The van der Waals surface area contributed by atoms with Gasteiger partial charge >= 0.3 is 0 Å². The van der Waals surface area contributed by atoms with Crippen LogP contribution in [-0.4, -0.2) is 30.3 Å². The van der Waals surface area contributed by atoms with Crippen LogP contribution in [0.3, 0.4) is 0 Å². The van der Waals surface area contributed by atoms with Crippen molar-refractivity contribution < 1.29 is 9.50 Å². The van der Waals surface area contributed by atoms with Gasteiger partial charge in [-0.25, -0.2) is 4.39 Å². The molecular formula is C13H10FN5O. The highest BCUT2D eigenvalue weighted by atomic mass is 19.1. The Morgan fingerprint density at radius 1 is 1.20 bits per heavy atom. The minimum Gasteiger partial charge on any atom is -0.508 e. The molecule has 0 saturated heterocycles. The molecule has 0 saturated carbocycles. The molecule has 0 unspecified atom stereocenters. The van der Waals surface area contributed by atoms with E-state index in [0.717, 1.165) is 6.07 Å². The average molecular weight is 271 g/mol. The number of aryl methyl sites for hydroxylation is 1. The van der Waals surface area contributed by atoms with Crippen molar-refractivity contribution in [3.05, 3.63) is 42.3 Å². The van der Waals surface area contributed by atoms with Crippen molar-refractivity contribution in [2.24, 2.45) is 7.05 Å². The number of phenols is 1. The van der Waals surface area contributed by atoms with Crippen molar-refractivity contribution >= 4 is 0 Å². The van der Waals surface area contributed by atoms with Crippen LogP contribution in [0.15, 0.2) is 36.5 Å². The minimum atomic E-state index is -0.503. The molecule has 0 aliphatic carbocycles. The van der Waals surface area contributed by atoms with E-state index in [1.165, 1.54) is 23.1 Å². The van der Waals surface area contributed by atoms with Crippen LogP contribution in [0.25, 0.3) is 22.6 Å². The van der Waals surface area contributed by atoms with E-state index in [9.17, 15) is 9.50 Å². The van der Waals surface area contributed by atoms with E-state index in [-0.39, 0.29) is 5.75 Å². The lowest BCUT2D eigenvalue weighted by molar-refractivity contribution is 0.469. The molecule has 2 aromatic heterocycles. The van der Waals surface area contributed by atoms with Crippen LogP contribution in [0.1, 0.15) is 0 Å². The predicted molar refractivity (Wildman–Crippen MR) is 69.1 cm³/mol. The number of phenolic OH excluding ortho intramolecular Hbond substituents is 1. The monoisotopic (exact) mass is 271 g/mol. The molecule has 6 nitrogen and oxygen atoms in total. The zero-order chi connectivity index (χ0) is 14.1. The van der Waals surface area contributed by atoms with Crippen molar-refractivity contribution in [2.75, 3.05) is 0 Å². The second-order valence-corrected chi connectivity index (χ2v) is 4.20. The molecule has 1 N–H and O–H groups in total. The number of hydrogen-bond donors (Lipinski definition) is 1. The summed E-state index contributed by atoms with van der Waals surface area (Å²) in [6.07, 6.45) is 1.53. The first-order chi connectivity index (χ1) is 9.63. The number of halogens is 1. The standard InChI is InChI=1S/C13H10FN5O/c1-19-17-13(16-18-19)12-5-2-8(7-15-12)10-4-3-9(20)6-11(10)14/h2-7,20H,1H3. The van der Waals surface area contributed by atoms with E-state index in [4.69, 9.17) is 0 Å². The minimum absolute atomic E-state index is 0.111. The molecule has 3 rings (SSSR count). The molecule has 20 heavy (non-hydrogen) atoms. The van der Waals surface area contributed by atoms with Gasteiger partial charge in [0, 0.05) is 23.4 Å². The van der Waals surface area contributed by atoms with E-state index < -0.39 is 5.82 Å². The maximum absolute atomic E-state index is 13.7. The largest absolute Gasteiger partial charge is 0.508 e. The van der Waals surface area contributed by atoms with E-state index in [0.29, 0.717) is 22.6 Å². The number of aromatic nitrogens is 5. The average Bonchev–Trinajstić information content (AvgIpc) is 2.86. The molecule has 0 aliphatic rings. The van der Waals surface area contributed by atoms with E-state index in [1.54, 1.807) is 19.2 Å². The number of nitrogens with zero attached hydrogens (tertiary/aromatic N) is 5. The smallest absolute Gasteiger partial charge is 0.223 e. The molecule has 7 heteroatoms. The molecule has 0 bridgehead atoms. The third-order valence-electron chi connectivity index (χ3n) is 2.76. The molecule has 100 valence electrons. The fourth-order valence-corrected chi connectivity index (χ4v) is 1.81. The number of aromatic hydroxyl groups is 1. The molecule has 1 aromatic carbocycles. The first-order valence-electron chi connectivity index (χ1n) is 5.83. The van der Waals surface area contributed by atoms with Gasteiger partial charge < -0.3 is 5.11 Å². The first kappa shape index (κ1) is 12.2. The summed E-state index contributed by atoms with van der Waals surface area (Å²) in [4.78, 5) is 5.53. The summed E-state index contributed by atoms with van der Waals surface area (Å²) in [6, 6.07) is 7.40. The highest BCUT2D eigenvalue weighted by molar-refractivity contribution is 5.65. The van der Waals surface area contributed by atoms with Crippen LogP contribution >= 0.6 is 0 Å². The molecule has 0 fully saturated rings. The van der Waals surface area contributed by atoms with E-state index in [1.807, 2.05) is 0 Å². The van der Waals surface area contributed by atoms with Gasteiger partial charge in [0.05, 0.1) is 7.05 Å². The zero-order valence-corrected chi connectivity index (χ0v) is 10.5. The normalized spacial score (nSPS) is 10.7. The number of benzene rings is 1. The van der Waals surface area contributed by atoms with Gasteiger partial charge in [-0.3, -0.25) is 4.98 Å². The Labute approximate surface area is 113 Å². The first-order valence-corrected chi connectivity index (χ1v) is 5.83. The fourth-order valence-electron chi connectivity index (χ4n) is 1.81. The molecule has 0 aliphatic heterocycles. The Hall–Kier alpha value is -2.83. The van der Waals surface area contributed by atoms with Gasteiger partial charge in [0.15, 0.2) is 0 Å². The lowest BCUT2D eigenvalue weighted by atomic mass is 10.1. The molecule has 2 heterocycles. The third kappa shape index (κ3) is 2.20. The SMILES string of the molecule is Cn1nnc(-c2ccc(-c3ccc(O)cc3F)cn2)n1. The number of hydrogen-bond acceptors (Lipinski definition) is 5. The van der Waals surface area contributed by atoms with Gasteiger partial charge in [-0.05, 0) is 23.4 Å². The lowest BCUT2D eigenvalue weighted by Gasteiger charge is -2.04. The number of pyridine rings is 1. The van der Waals surface area contributed by atoms with Gasteiger partial charge in [-0.2, -0.15) is 4.80 Å². The van der Waals surface area contributed by atoms with Crippen LogP contribution in [0.5, 0.6) is 5.75 Å². The summed E-state index contributed by atoms with van der Waals surface area (Å²) in [7, 11) is 1.66. The summed E-state index contributed by atoms with van der Waals surface area (Å²) >= 11 is 0. The van der Waals surface area contributed by atoms with Crippen LogP contribution in [-0.2, 0) is 7.05 Å². The van der Waals surface area contributed by atoms with Crippen molar-refractivity contribution in [1.82, 2.24) is 25.2 Å². The van der Waals surface area contributed by atoms with Crippen LogP contribution in [0, 0.1) is 5.82 Å². The van der Waals surface area contributed by atoms with Gasteiger partial charge in [-0.1, -0.05) is 6.07 Å². The number of tetrazole rings is 1. The maximum Gasteiger partial charge on any atom is 0.223 e. The van der Waals surface area contributed by atoms with Gasteiger partial charge in [0.25, 0.3) is 0 Å². The summed E-state index contributed by atoms with van der Waals surface area (Å²) < 4.78 is 13.7. The van der Waals surface area contributed by atoms with Crippen LogP contribution in [0.4, 0.5) is 4.39 Å². The number of rotatable bonds is 2. The summed E-state index contributed by atoms with van der Waals surface area (Å²) in [5.74, 6) is -0.206. The zero-order valence-electron chi connectivity index (χ0n) is 10.5. The molecule has 0 atom stereocenters. The Morgan fingerprint density at radius 3 is 2.65 bits per heavy atom. The van der Waals surface area contributed by atoms with E-state index >= 15 is 0 Å². The molecule has 0 radical (unpaired) electrons. The Morgan fingerprint density at radius 2 is 2.05 bits per heavy atom. The van der Waals surface area contributed by atoms with Crippen LogP contribution in [0.2, 0.25) is 0 Å². The van der Waals surface area contributed by atoms with Gasteiger partial charge in [-0.15, -0.1) is 10.2 Å².